The van der Waals surface area contributed by atoms with E-state index in [0.717, 1.165) is 16.7 Å². The molecular weight excluding hydrogens is 379 g/mol. The van der Waals surface area contributed by atoms with Gasteiger partial charge in [-0.1, -0.05) is 26.0 Å². The van der Waals surface area contributed by atoms with Gasteiger partial charge in [-0.2, -0.15) is 22.0 Å². The minimum Gasteiger partial charge on any atom is -0.382 e. The molecule has 4 rings (SSSR count). The Labute approximate surface area is 160 Å². The molecule has 0 saturated heterocycles. The van der Waals surface area contributed by atoms with E-state index in [2.05, 4.69) is 0 Å². The fourth-order valence-electron chi connectivity index (χ4n) is 6.13. The minimum absolute atomic E-state index is 0.00738. The number of carbonyl (C=O) groups excluding carboxylic acids is 1. The third kappa shape index (κ3) is 2.31. The highest BCUT2D eigenvalue weighted by Gasteiger charge is 2.78. The molecule has 154 valence electrons. The van der Waals surface area contributed by atoms with E-state index in [-0.39, 0.29) is 24.0 Å². The fourth-order valence-corrected chi connectivity index (χ4v) is 6.13. The van der Waals surface area contributed by atoms with E-state index in [9.17, 15) is 31.9 Å². The van der Waals surface area contributed by atoms with Crippen molar-refractivity contribution in [1.82, 2.24) is 0 Å². The van der Waals surface area contributed by atoms with E-state index < -0.39 is 35.5 Å². The molecule has 0 spiro atoms. The third-order valence-electron chi connectivity index (χ3n) is 7.60. The largest absolute Gasteiger partial charge is 0.456 e. The lowest BCUT2D eigenvalue weighted by atomic mass is 9.55. The van der Waals surface area contributed by atoms with Crippen molar-refractivity contribution in [1.29, 1.82) is 0 Å². The molecule has 1 N–H and O–H groups in total. The number of rotatable bonds is 1. The summed E-state index contributed by atoms with van der Waals surface area (Å²) in [5.74, 6) is -5.85. The van der Waals surface area contributed by atoms with Gasteiger partial charge in [0.2, 0.25) is 0 Å². The van der Waals surface area contributed by atoms with Gasteiger partial charge in [0.25, 0.3) is 0 Å². The zero-order valence-corrected chi connectivity index (χ0v) is 15.7. The van der Waals surface area contributed by atoms with Crippen LogP contribution in [0.3, 0.4) is 0 Å². The van der Waals surface area contributed by atoms with Crippen LogP contribution in [0.1, 0.15) is 46.0 Å². The first kappa shape index (κ1) is 19.8. The number of ketones is 1. The zero-order chi connectivity index (χ0) is 20.7. The Balaban J connectivity index is 1.85. The van der Waals surface area contributed by atoms with Crippen LogP contribution in [0.5, 0.6) is 0 Å². The summed E-state index contributed by atoms with van der Waals surface area (Å²) < 4.78 is 68.2. The molecule has 0 aromatic rings. The van der Waals surface area contributed by atoms with Crippen LogP contribution in [0.2, 0.25) is 0 Å². The molecule has 28 heavy (non-hydrogen) atoms. The predicted molar refractivity (Wildman–Crippen MR) is 92.5 cm³/mol. The molecule has 0 bridgehead atoms. The number of aliphatic hydroxyl groups is 1. The molecule has 0 amide bonds. The molecule has 4 aliphatic rings. The maximum Gasteiger partial charge on any atom is 0.456 e. The molecule has 2 unspecified atom stereocenters. The van der Waals surface area contributed by atoms with Gasteiger partial charge in [0, 0.05) is 11.8 Å². The second kappa shape index (κ2) is 5.77. The summed E-state index contributed by atoms with van der Waals surface area (Å²) in [6.45, 7) is 3.28. The van der Waals surface area contributed by atoms with E-state index in [0.29, 0.717) is 19.3 Å². The Kier molecular flexibility index (Phi) is 4.08. The molecule has 1 saturated carbocycles. The second-order valence-electron chi connectivity index (χ2n) is 8.97. The van der Waals surface area contributed by atoms with Crippen LogP contribution < -0.4 is 0 Å². The van der Waals surface area contributed by atoms with Crippen LogP contribution in [-0.2, 0) is 4.79 Å². The Morgan fingerprint density at radius 1 is 1.18 bits per heavy atom. The number of halogens is 5. The summed E-state index contributed by atoms with van der Waals surface area (Å²) in [5.41, 5.74) is -1.93. The number of alkyl halides is 5. The maximum atomic E-state index is 14.4. The highest BCUT2D eigenvalue weighted by Crippen LogP contribution is 2.67. The third-order valence-corrected chi connectivity index (χ3v) is 7.60. The predicted octanol–water partition coefficient (Wildman–Crippen LogP) is 5.14. The average Bonchev–Trinajstić information content (AvgIpc) is 2.86. The quantitative estimate of drug-likeness (QED) is 0.617. The summed E-state index contributed by atoms with van der Waals surface area (Å²) in [6, 6.07) is 0. The Morgan fingerprint density at radius 3 is 2.50 bits per heavy atom. The van der Waals surface area contributed by atoms with Crippen molar-refractivity contribution in [3.63, 3.8) is 0 Å². The Morgan fingerprint density at radius 2 is 1.86 bits per heavy atom. The van der Waals surface area contributed by atoms with Crippen LogP contribution in [-0.4, -0.2) is 28.6 Å². The van der Waals surface area contributed by atoms with Gasteiger partial charge in [-0.15, -0.1) is 0 Å². The summed E-state index contributed by atoms with van der Waals surface area (Å²) in [5, 5.41) is 10.8. The number of allylic oxidation sites excluding steroid dienone is 5. The van der Waals surface area contributed by atoms with Crippen molar-refractivity contribution >= 4 is 5.78 Å². The first-order valence-electron chi connectivity index (χ1n) is 9.66. The molecule has 0 radical (unpaired) electrons. The monoisotopic (exact) mass is 402 g/mol. The van der Waals surface area contributed by atoms with E-state index in [1.165, 1.54) is 13.0 Å². The molecule has 5 atom stereocenters. The van der Waals surface area contributed by atoms with Gasteiger partial charge < -0.3 is 5.11 Å². The van der Waals surface area contributed by atoms with Gasteiger partial charge >= 0.3 is 12.1 Å². The molecule has 2 nitrogen and oxygen atoms in total. The molecule has 4 aliphatic carbocycles. The SMILES string of the molecule is CC1CC2=CC(=O)CCC2=C2C=C[C@@]3(C)[C@@H](CCC3(O)C(F)(F)C(F)(F)F)[C@@H]21. The molecule has 0 aliphatic heterocycles. The molecule has 0 heterocycles. The number of hydrogen-bond acceptors (Lipinski definition) is 2. The Bertz CT molecular complexity index is 821. The first-order valence-corrected chi connectivity index (χ1v) is 9.66. The summed E-state index contributed by atoms with van der Waals surface area (Å²) >= 11 is 0. The van der Waals surface area contributed by atoms with Crippen molar-refractivity contribution in [3.05, 3.63) is 34.9 Å². The molecule has 0 aromatic carbocycles. The lowest BCUT2D eigenvalue weighted by molar-refractivity contribution is -0.356. The lowest BCUT2D eigenvalue weighted by Crippen LogP contribution is -2.64. The van der Waals surface area contributed by atoms with Gasteiger partial charge in [0.05, 0.1) is 0 Å². The first-order chi connectivity index (χ1) is 12.8. The van der Waals surface area contributed by atoms with Crippen LogP contribution in [0, 0.1) is 23.2 Å². The van der Waals surface area contributed by atoms with Gasteiger partial charge in [0.15, 0.2) is 5.78 Å². The van der Waals surface area contributed by atoms with Gasteiger partial charge in [-0.25, -0.2) is 0 Å². The van der Waals surface area contributed by atoms with E-state index in [1.807, 2.05) is 6.92 Å². The zero-order valence-electron chi connectivity index (χ0n) is 15.7. The molecular formula is C21H23F5O2. The van der Waals surface area contributed by atoms with Crippen molar-refractivity contribution in [2.75, 3.05) is 0 Å². The smallest absolute Gasteiger partial charge is 0.382 e. The van der Waals surface area contributed by atoms with Crippen molar-refractivity contribution in [3.8, 4) is 0 Å². The molecule has 0 aromatic heterocycles. The second-order valence-corrected chi connectivity index (χ2v) is 8.97. The van der Waals surface area contributed by atoms with Gasteiger partial charge in [-0.05, 0) is 66.2 Å². The average molecular weight is 402 g/mol. The Hall–Kier alpha value is -1.50. The van der Waals surface area contributed by atoms with Crippen molar-refractivity contribution < 1.29 is 31.9 Å². The van der Waals surface area contributed by atoms with Crippen LogP contribution in [0.25, 0.3) is 0 Å². The number of fused-ring (bicyclic) bond motifs is 4. The van der Waals surface area contributed by atoms with Crippen molar-refractivity contribution in [2.24, 2.45) is 23.2 Å². The highest BCUT2D eigenvalue weighted by molar-refractivity contribution is 5.93. The summed E-state index contributed by atoms with van der Waals surface area (Å²) in [7, 11) is 0. The number of hydrogen-bond donors (Lipinski definition) is 1. The minimum atomic E-state index is -5.82. The van der Waals surface area contributed by atoms with Crippen LogP contribution >= 0.6 is 0 Å². The van der Waals surface area contributed by atoms with Crippen molar-refractivity contribution in [2.45, 2.75) is 63.7 Å². The van der Waals surface area contributed by atoms with Crippen LogP contribution in [0.4, 0.5) is 22.0 Å². The summed E-state index contributed by atoms with van der Waals surface area (Å²) in [6.07, 6.45) is -0.107. The van der Waals surface area contributed by atoms with E-state index in [1.54, 1.807) is 12.2 Å². The van der Waals surface area contributed by atoms with Gasteiger partial charge in [0.1, 0.15) is 5.60 Å². The molecule has 7 heteroatoms. The molecule has 1 fully saturated rings. The fraction of sp³-hybridized carbons (Fsp3) is 0.667. The normalized spacial score (nSPS) is 40.8. The summed E-state index contributed by atoms with van der Waals surface area (Å²) in [4.78, 5) is 11.8. The topological polar surface area (TPSA) is 37.3 Å². The van der Waals surface area contributed by atoms with Crippen LogP contribution in [0.15, 0.2) is 34.9 Å². The van der Waals surface area contributed by atoms with E-state index >= 15 is 0 Å². The van der Waals surface area contributed by atoms with E-state index in [4.69, 9.17) is 0 Å². The lowest BCUT2D eigenvalue weighted by Gasteiger charge is -2.52. The number of carbonyl (C=O) groups is 1. The van der Waals surface area contributed by atoms with Gasteiger partial charge in [-0.3, -0.25) is 4.79 Å². The maximum absolute atomic E-state index is 14.4. The standard InChI is InChI=1S/C21H23F5O2/c1-11-9-12-10-13(27)3-4-14(12)15-5-7-18(2)16(17(11)15)6-8-19(18,28)20(22,23)21(24,25)26/h5,7,10-11,16-17,28H,3-4,6,8-9H2,1-2H3/t11?,16-,17+,18-,19?/m0/s1. The highest BCUT2D eigenvalue weighted by atomic mass is 19.4.